The fourth-order valence-electron chi connectivity index (χ4n) is 2.23. The lowest BCUT2D eigenvalue weighted by Crippen LogP contribution is -2.23. The molecule has 3 rings (SSSR count). The van der Waals surface area contributed by atoms with E-state index in [4.69, 9.17) is 5.73 Å². The third-order valence-corrected chi connectivity index (χ3v) is 4.22. The number of aromatic nitrogens is 3. The Labute approximate surface area is 136 Å². The number of thiazole rings is 1. The standard InChI is InChI=1S/C16H15FN4OS/c1-9(2)21-13(22)8-7-12(20-21)15-14(19-16(18)23-15)10-3-5-11(17)6-4-10/h3-9H,1-2H3,(H2,18,19). The SMILES string of the molecule is CC(C)n1nc(-c2sc(N)nc2-c2ccc(F)cc2)ccc1=O. The second-order valence-electron chi connectivity index (χ2n) is 5.33. The van der Waals surface area contributed by atoms with Gasteiger partial charge in [-0.2, -0.15) is 5.10 Å². The lowest BCUT2D eigenvalue weighted by molar-refractivity contribution is 0.505. The van der Waals surface area contributed by atoms with E-state index in [9.17, 15) is 9.18 Å². The van der Waals surface area contributed by atoms with Crippen LogP contribution in [0.25, 0.3) is 21.8 Å². The van der Waals surface area contributed by atoms with E-state index in [1.54, 1.807) is 18.2 Å². The molecule has 118 valence electrons. The number of nitrogens with zero attached hydrogens (tertiary/aromatic N) is 3. The van der Waals surface area contributed by atoms with Crippen molar-refractivity contribution < 1.29 is 4.39 Å². The van der Waals surface area contributed by atoms with Crippen LogP contribution in [0, 0.1) is 5.82 Å². The van der Waals surface area contributed by atoms with Crippen molar-refractivity contribution in [2.45, 2.75) is 19.9 Å². The summed E-state index contributed by atoms with van der Waals surface area (Å²) >= 11 is 1.29. The van der Waals surface area contributed by atoms with Crippen LogP contribution < -0.4 is 11.3 Å². The molecule has 0 spiro atoms. The zero-order chi connectivity index (χ0) is 16.6. The van der Waals surface area contributed by atoms with E-state index < -0.39 is 0 Å². The van der Waals surface area contributed by atoms with Crippen molar-refractivity contribution in [3.8, 4) is 21.8 Å². The van der Waals surface area contributed by atoms with Crippen LogP contribution in [0.15, 0.2) is 41.2 Å². The van der Waals surface area contributed by atoms with Crippen molar-refractivity contribution in [2.24, 2.45) is 0 Å². The maximum absolute atomic E-state index is 13.1. The molecule has 0 amide bonds. The molecule has 0 saturated carbocycles. The highest BCUT2D eigenvalue weighted by molar-refractivity contribution is 7.19. The highest BCUT2D eigenvalue weighted by atomic mass is 32.1. The Morgan fingerprint density at radius 3 is 2.52 bits per heavy atom. The van der Waals surface area contributed by atoms with Crippen LogP contribution in [0.4, 0.5) is 9.52 Å². The number of nitrogen functional groups attached to an aromatic ring is 1. The Kier molecular flexibility index (Phi) is 3.96. The Balaban J connectivity index is 2.16. The van der Waals surface area contributed by atoms with Crippen LogP contribution >= 0.6 is 11.3 Å². The Morgan fingerprint density at radius 1 is 1.17 bits per heavy atom. The zero-order valence-corrected chi connectivity index (χ0v) is 13.5. The van der Waals surface area contributed by atoms with Gasteiger partial charge in [0.1, 0.15) is 11.5 Å². The van der Waals surface area contributed by atoms with Crippen molar-refractivity contribution >= 4 is 16.5 Å². The highest BCUT2D eigenvalue weighted by Gasteiger charge is 2.16. The summed E-state index contributed by atoms with van der Waals surface area (Å²) < 4.78 is 14.5. The smallest absolute Gasteiger partial charge is 0.267 e. The number of hydrogen-bond donors (Lipinski definition) is 1. The number of hydrogen-bond acceptors (Lipinski definition) is 5. The van der Waals surface area contributed by atoms with E-state index in [0.29, 0.717) is 16.5 Å². The minimum atomic E-state index is -0.315. The summed E-state index contributed by atoms with van der Waals surface area (Å²) in [5.74, 6) is -0.315. The Bertz CT molecular complexity index is 899. The summed E-state index contributed by atoms with van der Waals surface area (Å²) in [4.78, 5) is 16.9. The molecule has 1 aromatic carbocycles. The number of rotatable bonds is 3. The summed E-state index contributed by atoms with van der Waals surface area (Å²) in [6.07, 6.45) is 0. The van der Waals surface area contributed by atoms with Crippen LogP contribution in [-0.2, 0) is 0 Å². The van der Waals surface area contributed by atoms with Gasteiger partial charge in [-0.05, 0) is 44.2 Å². The molecule has 7 heteroatoms. The fraction of sp³-hybridized carbons (Fsp3) is 0.188. The van der Waals surface area contributed by atoms with Crippen LogP contribution in [0.3, 0.4) is 0 Å². The first-order valence-electron chi connectivity index (χ1n) is 7.08. The van der Waals surface area contributed by atoms with Gasteiger partial charge in [0.05, 0.1) is 16.6 Å². The summed E-state index contributed by atoms with van der Waals surface area (Å²) in [6.45, 7) is 3.78. The van der Waals surface area contributed by atoms with Crippen molar-refractivity contribution in [1.29, 1.82) is 0 Å². The van der Waals surface area contributed by atoms with Crippen molar-refractivity contribution in [2.75, 3.05) is 5.73 Å². The molecule has 0 aliphatic carbocycles. The van der Waals surface area contributed by atoms with E-state index in [1.165, 1.54) is 34.2 Å². The highest BCUT2D eigenvalue weighted by Crippen LogP contribution is 2.36. The van der Waals surface area contributed by atoms with Crippen molar-refractivity contribution in [3.63, 3.8) is 0 Å². The van der Waals surface area contributed by atoms with Crippen LogP contribution in [0.2, 0.25) is 0 Å². The van der Waals surface area contributed by atoms with Crippen LogP contribution in [-0.4, -0.2) is 14.8 Å². The lowest BCUT2D eigenvalue weighted by atomic mass is 10.1. The van der Waals surface area contributed by atoms with Crippen molar-refractivity contribution in [3.05, 3.63) is 52.6 Å². The third-order valence-electron chi connectivity index (χ3n) is 3.31. The molecule has 0 saturated heterocycles. The first-order valence-corrected chi connectivity index (χ1v) is 7.90. The molecule has 2 N–H and O–H groups in total. The second kappa shape index (κ2) is 5.92. The monoisotopic (exact) mass is 330 g/mol. The van der Waals surface area contributed by atoms with Gasteiger partial charge in [0.25, 0.3) is 5.56 Å². The molecule has 2 heterocycles. The number of anilines is 1. The van der Waals surface area contributed by atoms with Gasteiger partial charge in [-0.1, -0.05) is 11.3 Å². The summed E-state index contributed by atoms with van der Waals surface area (Å²) in [7, 11) is 0. The molecule has 0 unspecified atom stereocenters. The van der Waals surface area contributed by atoms with Gasteiger partial charge in [-0.3, -0.25) is 4.79 Å². The number of benzene rings is 1. The molecular weight excluding hydrogens is 315 g/mol. The molecule has 23 heavy (non-hydrogen) atoms. The molecule has 0 bridgehead atoms. The first-order chi connectivity index (χ1) is 11.0. The predicted molar refractivity (Wildman–Crippen MR) is 89.8 cm³/mol. The van der Waals surface area contributed by atoms with Crippen LogP contribution in [0.1, 0.15) is 19.9 Å². The molecule has 0 atom stereocenters. The van der Waals surface area contributed by atoms with Gasteiger partial charge in [0.15, 0.2) is 5.13 Å². The topological polar surface area (TPSA) is 73.8 Å². The summed E-state index contributed by atoms with van der Waals surface area (Å²) in [5.41, 5.74) is 7.69. The molecule has 0 aliphatic heterocycles. The van der Waals surface area contributed by atoms with Gasteiger partial charge in [-0.15, -0.1) is 0 Å². The number of nitrogens with two attached hydrogens (primary N) is 1. The largest absolute Gasteiger partial charge is 0.375 e. The maximum atomic E-state index is 13.1. The predicted octanol–water partition coefficient (Wildman–Crippen LogP) is 3.34. The average Bonchev–Trinajstić information content (AvgIpc) is 2.90. The normalized spacial score (nSPS) is 11.1. The Morgan fingerprint density at radius 2 is 1.87 bits per heavy atom. The second-order valence-corrected chi connectivity index (χ2v) is 6.36. The minimum Gasteiger partial charge on any atom is -0.375 e. The first kappa shape index (κ1) is 15.4. The fourth-order valence-corrected chi connectivity index (χ4v) is 3.05. The third kappa shape index (κ3) is 3.00. The van der Waals surface area contributed by atoms with Gasteiger partial charge in [-0.25, -0.2) is 14.1 Å². The lowest BCUT2D eigenvalue weighted by Gasteiger charge is -2.09. The Hall–Kier alpha value is -2.54. The van der Waals surface area contributed by atoms with Crippen LogP contribution in [0.5, 0.6) is 0 Å². The van der Waals surface area contributed by atoms with Gasteiger partial charge < -0.3 is 5.73 Å². The summed E-state index contributed by atoms with van der Waals surface area (Å²) in [6, 6.07) is 9.11. The summed E-state index contributed by atoms with van der Waals surface area (Å²) in [5, 5.41) is 4.80. The van der Waals surface area contributed by atoms with E-state index in [2.05, 4.69) is 10.1 Å². The number of halogens is 1. The molecule has 0 aliphatic rings. The molecular formula is C16H15FN4OS. The van der Waals surface area contributed by atoms with Gasteiger partial charge >= 0.3 is 0 Å². The quantitative estimate of drug-likeness (QED) is 0.799. The maximum Gasteiger partial charge on any atom is 0.267 e. The van der Waals surface area contributed by atoms with E-state index in [1.807, 2.05) is 13.8 Å². The zero-order valence-electron chi connectivity index (χ0n) is 12.7. The van der Waals surface area contributed by atoms with E-state index in [0.717, 1.165) is 10.4 Å². The van der Waals surface area contributed by atoms with Gasteiger partial charge in [0, 0.05) is 11.6 Å². The van der Waals surface area contributed by atoms with E-state index >= 15 is 0 Å². The average molecular weight is 330 g/mol. The van der Waals surface area contributed by atoms with Crippen molar-refractivity contribution in [1.82, 2.24) is 14.8 Å². The van der Waals surface area contributed by atoms with E-state index in [-0.39, 0.29) is 17.4 Å². The molecule has 2 aromatic heterocycles. The van der Waals surface area contributed by atoms with Gasteiger partial charge in [0.2, 0.25) is 0 Å². The molecule has 5 nitrogen and oxygen atoms in total. The molecule has 3 aromatic rings. The molecule has 0 fully saturated rings. The minimum absolute atomic E-state index is 0.0537. The molecule has 0 radical (unpaired) electrons.